The lowest BCUT2D eigenvalue weighted by atomic mass is 10.2. The van der Waals surface area contributed by atoms with Gasteiger partial charge in [-0.15, -0.1) is 0 Å². The van der Waals surface area contributed by atoms with Crippen molar-refractivity contribution in [1.82, 2.24) is 8.61 Å². The molecule has 0 radical (unpaired) electrons. The Kier molecular flexibility index (Phi) is 4.96. The molecule has 2 aromatic carbocycles. The minimum absolute atomic E-state index is 0.100. The molecule has 0 bridgehead atoms. The van der Waals surface area contributed by atoms with E-state index in [4.69, 9.17) is 0 Å². The Balaban J connectivity index is 2.14. The number of nitrogens with zero attached hydrogens (tertiary/aromatic N) is 2. The molecule has 0 N–H and O–H groups in total. The SMILES string of the molecule is Cc1ccc(S(=O)(=O)N2C[C@@H](C)N(S(C)(=O)=O)[C@H]2c2ccccc2)cc1. The topological polar surface area (TPSA) is 74.8 Å². The normalized spacial score (nSPS) is 22.6. The van der Waals surface area contributed by atoms with E-state index in [0.29, 0.717) is 5.56 Å². The van der Waals surface area contributed by atoms with E-state index in [0.717, 1.165) is 11.8 Å². The Bertz CT molecular complexity index is 987. The van der Waals surface area contributed by atoms with Crippen molar-refractivity contribution in [3.63, 3.8) is 0 Å². The minimum atomic E-state index is -3.85. The predicted octanol–water partition coefficient (Wildman–Crippen LogP) is 2.35. The van der Waals surface area contributed by atoms with Crippen LogP contribution in [0.3, 0.4) is 0 Å². The summed E-state index contributed by atoms with van der Waals surface area (Å²) in [7, 11) is -7.46. The molecule has 0 unspecified atom stereocenters. The summed E-state index contributed by atoms with van der Waals surface area (Å²) in [5, 5.41) is 0. The monoisotopic (exact) mass is 394 g/mol. The van der Waals surface area contributed by atoms with Gasteiger partial charge < -0.3 is 0 Å². The molecule has 1 heterocycles. The maximum atomic E-state index is 13.3. The van der Waals surface area contributed by atoms with Crippen LogP contribution in [-0.4, -0.2) is 44.3 Å². The van der Waals surface area contributed by atoms with Crippen molar-refractivity contribution in [3.05, 3.63) is 65.7 Å². The summed E-state index contributed by atoms with van der Waals surface area (Å²) in [5.74, 6) is 0. The number of aryl methyl sites for hydroxylation is 1. The van der Waals surface area contributed by atoms with Gasteiger partial charge in [0.05, 0.1) is 11.2 Å². The molecule has 0 spiro atoms. The van der Waals surface area contributed by atoms with Gasteiger partial charge in [0.1, 0.15) is 6.17 Å². The fraction of sp³-hybridized carbons (Fsp3) is 0.333. The molecule has 6 nitrogen and oxygen atoms in total. The first kappa shape index (κ1) is 19.0. The second-order valence-corrected chi connectivity index (χ2v) is 10.4. The van der Waals surface area contributed by atoms with Crippen molar-refractivity contribution in [3.8, 4) is 0 Å². The van der Waals surface area contributed by atoms with Crippen LogP contribution in [0.1, 0.15) is 24.2 Å². The minimum Gasteiger partial charge on any atom is -0.212 e. The number of benzene rings is 2. The highest BCUT2D eigenvalue weighted by atomic mass is 32.2. The average Bonchev–Trinajstić information content (AvgIpc) is 2.94. The zero-order chi connectivity index (χ0) is 19.1. The third kappa shape index (κ3) is 3.42. The third-order valence-corrected chi connectivity index (χ3v) is 7.66. The van der Waals surface area contributed by atoms with Crippen molar-refractivity contribution in [2.45, 2.75) is 31.0 Å². The highest BCUT2D eigenvalue weighted by Gasteiger charge is 2.48. The van der Waals surface area contributed by atoms with Crippen molar-refractivity contribution in [2.24, 2.45) is 0 Å². The molecule has 3 rings (SSSR count). The molecule has 140 valence electrons. The van der Waals surface area contributed by atoms with Crippen LogP contribution in [0.4, 0.5) is 0 Å². The Labute approximate surface area is 155 Å². The van der Waals surface area contributed by atoms with E-state index in [9.17, 15) is 16.8 Å². The van der Waals surface area contributed by atoms with Gasteiger partial charge in [-0.2, -0.15) is 8.61 Å². The summed E-state index contributed by atoms with van der Waals surface area (Å²) in [6, 6.07) is 15.0. The third-order valence-electron chi connectivity index (χ3n) is 4.50. The van der Waals surface area contributed by atoms with Crippen molar-refractivity contribution in [2.75, 3.05) is 12.8 Å². The second kappa shape index (κ2) is 6.77. The van der Waals surface area contributed by atoms with Gasteiger partial charge >= 0.3 is 0 Å². The summed E-state index contributed by atoms with van der Waals surface area (Å²) >= 11 is 0. The Morgan fingerprint density at radius 2 is 1.50 bits per heavy atom. The largest absolute Gasteiger partial charge is 0.244 e. The summed E-state index contributed by atoms with van der Waals surface area (Å²) in [4.78, 5) is 0.159. The van der Waals surface area contributed by atoms with Crippen LogP contribution >= 0.6 is 0 Å². The molecule has 1 aliphatic rings. The molecular weight excluding hydrogens is 372 g/mol. The summed E-state index contributed by atoms with van der Waals surface area (Å²) in [6.07, 6.45) is 0.217. The van der Waals surface area contributed by atoms with Gasteiger partial charge in [-0.3, -0.25) is 0 Å². The van der Waals surface area contributed by atoms with Crippen molar-refractivity contribution < 1.29 is 16.8 Å². The van der Waals surface area contributed by atoms with E-state index in [2.05, 4.69) is 0 Å². The maximum Gasteiger partial charge on any atom is 0.244 e. The molecule has 0 amide bonds. The Hall–Kier alpha value is -1.74. The van der Waals surface area contributed by atoms with Gasteiger partial charge in [-0.05, 0) is 31.5 Å². The van der Waals surface area contributed by atoms with E-state index in [1.165, 1.54) is 8.61 Å². The zero-order valence-corrected chi connectivity index (χ0v) is 16.5. The highest BCUT2D eigenvalue weighted by molar-refractivity contribution is 7.89. The van der Waals surface area contributed by atoms with Crippen LogP contribution in [-0.2, 0) is 20.0 Å². The molecule has 0 saturated carbocycles. The lowest BCUT2D eigenvalue weighted by Gasteiger charge is -2.29. The quantitative estimate of drug-likeness (QED) is 0.798. The fourth-order valence-electron chi connectivity index (χ4n) is 3.33. The van der Waals surface area contributed by atoms with Gasteiger partial charge in [0.25, 0.3) is 0 Å². The molecule has 1 aliphatic heterocycles. The van der Waals surface area contributed by atoms with Crippen LogP contribution in [0.25, 0.3) is 0 Å². The van der Waals surface area contributed by atoms with Crippen molar-refractivity contribution in [1.29, 1.82) is 0 Å². The molecule has 0 aliphatic carbocycles. The molecule has 0 aromatic heterocycles. The van der Waals surface area contributed by atoms with Crippen LogP contribution in [0, 0.1) is 6.92 Å². The lowest BCUT2D eigenvalue weighted by molar-refractivity contribution is 0.277. The van der Waals surface area contributed by atoms with Crippen LogP contribution < -0.4 is 0 Å². The maximum absolute atomic E-state index is 13.3. The van der Waals surface area contributed by atoms with E-state index in [-0.39, 0.29) is 11.4 Å². The predicted molar refractivity (Wildman–Crippen MR) is 100 cm³/mol. The van der Waals surface area contributed by atoms with Gasteiger partial charge in [-0.25, -0.2) is 16.8 Å². The zero-order valence-electron chi connectivity index (χ0n) is 14.9. The molecule has 2 atom stereocenters. The molecule has 8 heteroatoms. The van der Waals surface area contributed by atoms with E-state index < -0.39 is 32.3 Å². The van der Waals surface area contributed by atoms with E-state index in [1.54, 1.807) is 55.5 Å². The first-order chi connectivity index (χ1) is 12.1. The van der Waals surface area contributed by atoms with Crippen molar-refractivity contribution >= 4 is 20.0 Å². The summed E-state index contributed by atoms with van der Waals surface area (Å²) < 4.78 is 53.8. The molecule has 1 fully saturated rings. The fourth-order valence-corrected chi connectivity index (χ4v) is 6.36. The number of hydrogen-bond acceptors (Lipinski definition) is 4. The van der Waals surface area contributed by atoms with E-state index in [1.807, 2.05) is 13.0 Å². The Morgan fingerprint density at radius 3 is 2.04 bits per heavy atom. The summed E-state index contributed by atoms with van der Waals surface area (Å²) in [6.45, 7) is 3.71. The molecule has 1 saturated heterocycles. The highest BCUT2D eigenvalue weighted by Crippen LogP contribution is 2.39. The lowest BCUT2D eigenvalue weighted by Crippen LogP contribution is -2.38. The van der Waals surface area contributed by atoms with Crippen LogP contribution in [0.15, 0.2) is 59.5 Å². The smallest absolute Gasteiger partial charge is 0.212 e. The average molecular weight is 395 g/mol. The second-order valence-electron chi connectivity index (χ2n) is 6.61. The standard InChI is InChI=1S/C18H22N2O4S2/c1-14-9-11-17(12-10-14)26(23,24)19-13-15(2)20(25(3,21)22)18(19)16-7-5-4-6-8-16/h4-12,15,18H,13H2,1-3H3/t15-,18+/m1/s1. The number of rotatable bonds is 4. The molecular formula is C18H22N2O4S2. The van der Waals surface area contributed by atoms with Gasteiger partial charge in [0.15, 0.2) is 0 Å². The first-order valence-electron chi connectivity index (χ1n) is 8.24. The van der Waals surface area contributed by atoms with Gasteiger partial charge in [0.2, 0.25) is 20.0 Å². The molecule has 2 aromatic rings. The first-order valence-corrected chi connectivity index (χ1v) is 11.5. The van der Waals surface area contributed by atoms with Crippen LogP contribution in [0.2, 0.25) is 0 Å². The number of sulfonamides is 2. The Morgan fingerprint density at radius 1 is 0.923 bits per heavy atom. The van der Waals surface area contributed by atoms with Crippen LogP contribution in [0.5, 0.6) is 0 Å². The van der Waals surface area contributed by atoms with Gasteiger partial charge in [0, 0.05) is 12.6 Å². The van der Waals surface area contributed by atoms with Gasteiger partial charge in [-0.1, -0.05) is 48.0 Å². The molecule has 26 heavy (non-hydrogen) atoms. The van der Waals surface area contributed by atoms with E-state index >= 15 is 0 Å². The number of hydrogen-bond donors (Lipinski definition) is 0. The summed E-state index contributed by atoms with van der Waals surface area (Å²) in [5.41, 5.74) is 1.58.